The van der Waals surface area contributed by atoms with E-state index in [9.17, 15) is 4.79 Å². The molecule has 0 unspecified atom stereocenters. The van der Waals surface area contributed by atoms with Crippen molar-refractivity contribution in [3.05, 3.63) is 11.6 Å². The summed E-state index contributed by atoms with van der Waals surface area (Å²) in [5.74, 6) is 2.07. The highest BCUT2D eigenvalue weighted by Crippen LogP contribution is 2.37. The second-order valence-electron chi connectivity index (χ2n) is 5.22. The number of nitrogens with one attached hydrogen (secondary N) is 3. The number of amides is 1. The Balaban J connectivity index is 1.50. The predicted octanol–water partition coefficient (Wildman–Crippen LogP) is 0.411. The van der Waals surface area contributed by atoms with Crippen molar-refractivity contribution in [3.8, 4) is 0 Å². The van der Waals surface area contributed by atoms with Crippen LogP contribution in [0.2, 0.25) is 0 Å². The average Bonchev–Trinajstić information content (AvgIpc) is 3.15. The number of carbonyl (C=O) groups excluding carboxylic acids is 1. The largest absolute Gasteiger partial charge is 0.349 e. The highest BCUT2D eigenvalue weighted by atomic mass is 16.2. The van der Waals surface area contributed by atoms with E-state index in [0.29, 0.717) is 11.8 Å². The quantitative estimate of drug-likeness (QED) is 0.722. The van der Waals surface area contributed by atoms with Crippen LogP contribution in [0.3, 0.4) is 0 Å². The zero-order valence-corrected chi connectivity index (χ0v) is 10.4. The smallest absolute Gasteiger partial charge is 0.290 e. The van der Waals surface area contributed by atoms with E-state index in [2.05, 4.69) is 25.8 Å². The number of rotatable bonds is 4. The molecule has 2 fully saturated rings. The molecular formula is C12H19N5O. The Bertz CT molecular complexity index is 420. The van der Waals surface area contributed by atoms with Gasteiger partial charge in [0.2, 0.25) is 5.82 Å². The van der Waals surface area contributed by atoms with Gasteiger partial charge in [0.15, 0.2) is 0 Å². The molecule has 1 amide bonds. The Morgan fingerprint density at radius 2 is 2.06 bits per heavy atom. The second-order valence-corrected chi connectivity index (χ2v) is 5.22. The van der Waals surface area contributed by atoms with Crippen LogP contribution in [-0.2, 0) is 0 Å². The van der Waals surface area contributed by atoms with Gasteiger partial charge in [0.05, 0.1) is 0 Å². The van der Waals surface area contributed by atoms with Crippen molar-refractivity contribution < 1.29 is 4.79 Å². The Labute approximate surface area is 106 Å². The fraction of sp³-hybridized carbons (Fsp3) is 0.750. The first-order valence-corrected chi connectivity index (χ1v) is 6.74. The number of aromatic amines is 1. The molecular weight excluding hydrogens is 230 g/mol. The third-order valence-corrected chi connectivity index (χ3v) is 3.68. The normalized spacial score (nSPS) is 20.9. The van der Waals surface area contributed by atoms with Crippen LogP contribution in [0.25, 0.3) is 0 Å². The van der Waals surface area contributed by atoms with Crippen LogP contribution < -0.4 is 10.6 Å². The van der Waals surface area contributed by atoms with Gasteiger partial charge >= 0.3 is 0 Å². The number of hydrogen-bond donors (Lipinski definition) is 3. The van der Waals surface area contributed by atoms with E-state index in [4.69, 9.17) is 0 Å². The molecule has 0 bridgehead atoms. The molecule has 1 aromatic heterocycles. The first kappa shape index (κ1) is 11.6. The third kappa shape index (κ3) is 2.69. The summed E-state index contributed by atoms with van der Waals surface area (Å²) >= 11 is 0. The number of piperidine rings is 1. The molecule has 0 atom stereocenters. The van der Waals surface area contributed by atoms with E-state index in [-0.39, 0.29) is 11.7 Å². The molecule has 1 aromatic rings. The summed E-state index contributed by atoms with van der Waals surface area (Å²) in [6.07, 6.45) is 4.57. The van der Waals surface area contributed by atoms with Gasteiger partial charge in [-0.25, -0.2) is 4.98 Å². The minimum absolute atomic E-state index is 0.156. The molecule has 3 N–H and O–H groups in total. The first-order valence-electron chi connectivity index (χ1n) is 6.74. The number of nitrogens with zero attached hydrogens (tertiary/aromatic N) is 2. The Hall–Kier alpha value is -1.43. The van der Waals surface area contributed by atoms with Crippen molar-refractivity contribution in [3.63, 3.8) is 0 Å². The molecule has 98 valence electrons. The molecule has 2 heterocycles. The maximum atomic E-state index is 11.9. The third-order valence-electron chi connectivity index (χ3n) is 3.68. The summed E-state index contributed by atoms with van der Waals surface area (Å²) in [5.41, 5.74) is 0. The van der Waals surface area contributed by atoms with Crippen LogP contribution in [0.5, 0.6) is 0 Å². The highest BCUT2D eigenvalue weighted by molar-refractivity contribution is 5.90. The van der Waals surface area contributed by atoms with E-state index in [1.807, 2.05) is 0 Å². The van der Waals surface area contributed by atoms with Gasteiger partial charge in [-0.3, -0.25) is 9.89 Å². The van der Waals surface area contributed by atoms with Crippen LogP contribution in [0.15, 0.2) is 0 Å². The maximum Gasteiger partial charge on any atom is 0.290 e. The van der Waals surface area contributed by atoms with Crippen molar-refractivity contribution in [2.75, 3.05) is 19.6 Å². The summed E-state index contributed by atoms with van der Waals surface area (Å²) in [5, 5.41) is 13.1. The van der Waals surface area contributed by atoms with Crippen LogP contribution >= 0.6 is 0 Å². The van der Waals surface area contributed by atoms with Crippen molar-refractivity contribution >= 4 is 5.91 Å². The fourth-order valence-electron chi connectivity index (χ4n) is 2.32. The number of hydrogen-bond acceptors (Lipinski definition) is 4. The van der Waals surface area contributed by atoms with Gasteiger partial charge in [0.1, 0.15) is 5.82 Å². The summed E-state index contributed by atoms with van der Waals surface area (Å²) in [6, 6.07) is 0. The van der Waals surface area contributed by atoms with Crippen LogP contribution in [-0.4, -0.2) is 40.7 Å². The first-order chi connectivity index (χ1) is 8.83. The minimum Gasteiger partial charge on any atom is -0.349 e. The van der Waals surface area contributed by atoms with E-state index in [1.165, 1.54) is 0 Å². The molecule has 1 saturated carbocycles. The lowest BCUT2D eigenvalue weighted by Gasteiger charge is -2.22. The number of H-pyrrole nitrogens is 1. The van der Waals surface area contributed by atoms with Gasteiger partial charge in [0, 0.05) is 12.5 Å². The van der Waals surface area contributed by atoms with Gasteiger partial charge in [-0.1, -0.05) is 0 Å². The summed E-state index contributed by atoms with van der Waals surface area (Å²) in [7, 11) is 0. The molecule has 2 aliphatic rings. The van der Waals surface area contributed by atoms with E-state index < -0.39 is 0 Å². The lowest BCUT2D eigenvalue weighted by atomic mass is 9.98. The van der Waals surface area contributed by atoms with Crippen molar-refractivity contribution in [1.82, 2.24) is 25.8 Å². The Kier molecular flexibility index (Phi) is 3.27. The lowest BCUT2D eigenvalue weighted by molar-refractivity contribution is 0.0934. The SMILES string of the molecule is O=C(NCC1CCNCC1)c1n[nH]c(C2CC2)n1. The van der Waals surface area contributed by atoms with Crippen LogP contribution in [0.1, 0.15) is 48.0 Å². The topological polar surface area (TPSA) is 82.7 Å². The monoisotopic (exact) mass is 249 g/mol. The molecule has 0 aromatic carbocycles. The Morgan fingerprint density at radius 1 is 1.28 bits per heavy atom. The fourth-order valence-corrected chi connectivity index (χ4v) is 2.32. The van der Waals surface area contributed by atoms with E-state index >= 15 is 0 Å². The maximum absolute atomic E-state index is 11.9. The predicted molar refractivity (Wildman–Crippen MR) is 66.3 cm³/mol. The van der Waals surface area contributed by atoms with Gasteiger partial charge in [-0.2, -0.15) is 0 Å². The summed E-state index contributed by atoms with van der Waals surface area (Å²) in [6.45, 7) is 2.83. The standard InChI is InChI=1S/C12H19N5O/c18-12(14-7-8-3-5-13-6-4-8)11-15-10(16-17-11)9-1-2-9/h8-9,13H,1-7H2,(H,14,18)(H,15,16,17). The van der Waals surface area contributed by atoms with Crippen molar-refractivity contribution in [1.29, 1.82) is 0 Å². The number of aromatic nitrogens is 3. The molecule has 18 heavy (non-hydrogen) atoms. The molecule has 1 saturated heterocycles. The van der Waals surface area contributed by atoms with E-state index in [1.54, 1.807) is 0 Å². The van der Waals surface area contributed by atoms with Gasteiger partial charge in [0.25, 0.3) is 5.91 Å². The van der Waals surface area contributed by atoms with Crippen molar-refractivity contribution in [2.24, 2.45) is 5.92 Å². The van der Waals surface area contributed by atoms with Crippen molar-refractivity contribution in [2.45, 2.75) is 31.6 Å². The second kappa shape index (κ2) is 5.06. The molecule has 1 aliphatic carbocycles. The average molecular weight is 249 g/mol. The summed E-state index contributed by atoms with van der Waals surface area (Å²) < 4.78 is 0. The van der Waals surface area contributed by atoms with Gasteiger partial charge < -0.3 is 10.6 Å². The molecule has 6 nitrogen and oxygen atoms in total. The molecule has 3 rings (SSSR count). The van der Waals surface area contributed by atoms with Gasteiger partial charge in [-0.15, -0.1) is 5.10 Å². The van der Waals surface area contributed by atoms with Crippen LogP contribution in [0.4, 0.5) is 0 Å². The van der Waals surface area contributed by atoms with E-state index in [0.717, 1.165) is 51.1 Å². The Morgan fingerprint density at radius 3 is 2.78 bits per heavy atom. The van der Waals surface area contributed by atoms with Gasteiger partial charge in [-0.05, 0) is 44.7 Å². The molecule has 6 heteroatoms. The molecule has 0 radical (unpaired) electrons. The molecule has 0 spiro atoms. The zero-order chi connectivity index (χ0) is 12.4. The van der Waals surface area contributed by atoms with Crippen LogP contribution in [0, 0.1) is 5.92 Å². The highest BCUT2D eigenvalue weighted by Gasteiger charge is 2.28. The lowest BCUT2D eigenvalue weighted by Crippen LogP contribution is -2.36. The molecule has 1 aliphatic heterocycles. The minimum atomic E-state index is -0.156. The summed E-state index contributed by atoms with van der Waals surface area (Å²) in [4.78, 5) is 16.1. The zero-order valence-electron chi connectivity index (χ0n) is 10.4. The number of carbonyl (C=O) groups is 1.